The standard InChI is InChI=1S/C17H21NO/c1-12-8-6-7-11-15(12)18-17(19)16-13-9-4-2-3-5-10-14(13)16/h2-3,6-8,11,13-14,16H,4-5,9-10H2,1H3,(H,18,19)/b3-2-/t13-,14+,16?. The van der Waals surface area contributed by atoms with Gasteiger partial charge in [-0.3, -0.25) is 4.79 Å². The Balaban J connectivity index is 1.65. The summed E-state index contributed by atoms with van der Waals surface area (Å²) in [5, 5.41) is 3.11. The molecule has 100 valence electrons. The lowest BCUT2D eigenvalue weighted by atomic mass is 10.1. The van der Waals surface area contributed by atoms with Gasteiger partial charge in [0.15, 0.2) is 0 Å². The summed E-state index contributed by atoms with van der Waals surface area (Å²) in [7, 11) is 0. The van der Waals surface area contributed by atoms with Crippen LogP contribution in [0.1, 0.15) is 31.2 Å². The number of rotatable bonds is 2. The van der Waals surface area contributed by atoms with Crippen LogP contribution >= 0.6 is 0 Å². The van der Waals surface area contributed by atoms with E-state index >= 15 is 0 Å². The van der Waals surface area contributed by atoms with E-state index in [0.717, 1.165) is 24.1 Å². The molecule has 0 saturated heterocycles. The Hall–Kier alpha value is -1.57. The van der Waals surface area contributed by atoms with Gasteiger partial charge in [-0.2, -0.15) is 0 Å². The lowest BCUT2D eigenvalue weighted by Crippen LogP contribution is -2.16. The number of amides is 1. The van der Waals surface area contributed by atoms with Crippen LogP contribution in [-0.2, 0) is 4.79 Å². The van der Waals surface area contributed by atoms with Crippen molar-refractivity contribution < 1.29 is 4.79 Å². The summed E-state index contributed by atoms with van der Waals surface area (Å²) < 4.78 is 0. The molecule has 3 rings (SSSR count). The maximum Gasteiger partial charge on any atom is 0.228 e. The summed E-state index contributed by atoms with van der Waals surface area (Å²) in [6.45, 7) is 2.04. The van der Waals surface area contributed by atoms with Gasteiger partial charge < -0.3 is 5.32 Å². The molecule has 0 aromatic heterocycles. The molecule has 2 aliphatic carbocycles. The van der Waals surface area contributed by atoms with Gasteiger partial charge in [0.1, 0.15) is 0 Å². The summed E-state index contributed by atoms with van der Waals surface area (Å²) in [6, 6.07) is 8.00. The highest BCUT2D eigenvalue weighted by molar-refractivity contribution is 5.95. The van der Waals surface area contributed by atoms with Gasteiger partial charge >= 0.3 is 0 Å². The molecule has 19 heavy (non-hydrogen) atoms. The minimum Gasteiger partial charge on any atom is -0.326 e. The number of anilines is 1. The first-order valence-corrected chi connectivity index (χ1v) is 7.29. The molecule has 1 aromatic rings. The molecule has 3 atom stereocenters. The van der Waals surface area contributed by atoms with E-state index in [-0.39, 0.29) is 11.8 Å². The zero-order chi connectivity index (χ0) is 13.2. The molecule has 0 spiro atoms. The average Bonchev–Trinajstić information content (AvgIpc) is 3.03. The second-order valence-corrected chi connectivity index (χ2v) is 5.78. The van der Waals surface area contributed by atoms with Gasteiger partial charge in [-0.25, -0.2) is 0 Å². The van der Waals surface area contributed by atoms with Crippen LogP contribution in [0.15, 0.2) is 36.4 Å². The first-order valence-electron chi connectivity index (χ1n) is 7.29. The maximum atomic E-state index is 12.4. The number of allylic oxidation sites excluding steroid dienone is 2. The zero-order valence-electron chi connectivity index (χ0n) is 11.4. The van der Waals surface area contributed by atoms with E-state index in [1.807, 2.05) is 31.2 Å². The summed E-state index contributed by atoms with van der Waals surface area (Å²) in [5.74, 6) is 1.72. The summed E-state index contributed by atoms with van der Waals surface area (Å²) in [4.78, 5) is 12.4. The van der Waals surface area contributed by atoms with Crippen molar-refractivity contribution in [3.63, 3.8) is 0 Å². The molecule has 2 aliphatic rings. The Labute approximate surface area is 114 Å². The number of hydrogen-bond donors (Lipinski definition) is 1. The summed E-state index contributed by atoms with van der Waals surface area (Å²) in [6.07, 6.45) is 9.15. The number of nitrogens with one attached hydrogen (secondary N) is 1. The van der Waals surface area contributed by atoms with Gasteiger partial charge in [0.05, 0.1) is 0 Å². The quantitative estimate of drug-likeness (QED) is 0.797. The number of hydrogen-bond acceptors (Lipinski definition) is 1. The van der Waals surface area contributed by atoms with Crippen LogP contribution in [0.25, 0.3) is 0 Å². The number of carbonyl (C=O) groups excluding carboxylic acids is 1. The van der Waals surface area contributed by atoms with Gasteiger partial charge in [-0.1, -0.05) is 30.4 Å². The molecule has 1 amide bonds. The lowest BCUT2D eigenvalue weighted by Gasteiger charge is -2.07. The normalized spacial score (nSPS) is 30.7. The molecule has 1 N–H and O–H groups in total. The number of benzene rings is 1. The van der Waals surface area contributed by atoms with Crippen molar-refractivity contribution >= 4 is 11.6 Å². The number of fused-ring (bicyclic) bond motifs is 1. The largest absolute Gasteiger partial charge is 0.326 e. The summed E-state index contributed by atoms with van der Waals surface area (Å²) in [5.41, 5.74) is 2.10. The highest BCUT2D eigenvalue weighted by atomic mass is 16.2. The molecular formula is C17H21NO. The third-order valence-electron chi connectivity index (χ3n) is 4.54. The van der Waals surface area contributed by atoms with E-state index < -0.39 is 0 Å². The van der Waals surface area contributed by atoms with Crippen molar-refractivity contribution in [1.29, 1.82) is 0 Å². The second kappa shape index (κ2) is 5.20. The Morgan fingerprint density at radius 2 is 1.74 bits per heavy atom. The molecule has 1 saturated carbocycles. The van der Waals surface area contributed by atoms with Crippen LogP contribution in [0.4, 0.5) is 5.69 Å². The number of aryl methyl sites for hydroxylation is 1. The van der Waals surface area contributed by atoms with E-state index in [4.69, 9.17) is 0 Å². The van der Waals surface area contributed by atoms with Crippen LogP contribution < -0.4 is 5.32 Å². The smallest absolute Gasteiger partial charge is 0.228 e. The highest BCUT2D eigenvalue weighted by Gasteiger charge is 2.53. The molecule has 1 fully saturated rings. The van der Waals surface area contributed by atoms with Gasteiger partial charge in [-0.15, -0.1) is 0 Å². The second-order valence-electron chi connectivity index (χ2n) is 5.78. The third kappa shape index (κ3) is 2.58. The predicted molar refractivity (Wildman–Crippen MR) is 77.9 cm³/mol. The molecular weight excluding hydrogens is 234 g/mol. The highest BCUT2D eigenvalue weighted by Crippen LogP contribution is 2.53. The molecule has 2 nitrogen and oxygen atoms in total. The average molecular weight is 255 g/mol. The minimum atomic E-state index is 0.228. The Bertz CT molecular complexity index is 490. The lowest BCUT2D eigenvalue weighted by molar-refractivity contribution is -0.117. The van der Waals surface area contributed by atoms with E-state index in [0.29, 0.717) is 11.8 Å². The summed E-state index contributed by atoms with van der Waals surface area (Å²) >= 11 is 0. The van der Waals surface area contributed by atoms with E-state index in [1.54, 1.807) is 0 Å². The van der Waals surface area contributed by atoms with Crippen molar-refractivity contribution in [3.05, 3.63) is 42.0 Å². The molecule has 0 bridgehead atoms. The molecule has 0 aliphatic heterocycles. The van der Waals surface area contributed by atoms with Crippen LogP contribution in [0.5, 0.6) is 0 Å². The monoisotopic (exact) mass is 255 g/mol. The van der Waals surface area contributed by atoms with Crippen molar-refractivity contribution in [3.8, 4) is 0 Å². The first-order chi connectivity index (χ1) is 9.27. The van der Waals surface area contributed by atoms with Gasteiger partial charge in [0.25, 0.3) is 0 Å². The molecule has 0 heterocycles. The van der Waals surface area contributed by atoms with Crippen molar-refractivity contribution in [2.24, 2.45) is 17.8 Å². The molecule has 2 heteroatoms. The Kier molecular flexibility index (Phi) is 3.41. The first kappa shape index (κ1) is 12.5. The topological polar surface area (TPSA) is 29.1 Å². The SMILES string of the molecule is Cc1ccccc1NC(=O)C1[C@H]2CC/C=C\CC[C@@H]12. The molecule has 1 aromatic carbocycles. The zero-order valence-corrected chi connectivity index (χ0v) is 11.4. The van der Waals surface area contributed by atoms with E-state index in [1.165, 1.54) is 12.8 Å². The predicted octanol–water partition coefficient (Wildman–Crippen LogP) is 3.93. The van der Waals surface area contributed by atoms with Crippen molar-refractivity contribution in [2.45, 2.75) is 32.6 Å². The molecule has 0 radical (unpaired) electrons. The van der Waals surface area contributed by atoms with Gasteiger partial charge in [-0.05, 0) is 56.1 Å². The van der Waals surface area contributed by atoms with Crippen LogP contribution in [0.3, 0.4) is 0 Å². The fourth-order valence-electron chi connectivity index (χ4n) is 3.36. The Morgan fingerprint density at radius 1 is 1.11 bits per heavy atom. The fourth-order valence-corrected chi connectivity index (χ4v) is 3.36. The van der Waals surface area contributed by atoms with Crippen molar-refractivity contribution in [1.82, 2.24) is 0 Å². The van der Waals surface area contributed by atoms with E-state index in [9.17, 15) is 4.79 Å². The van der Waals surface area contributed by atoms with Crippen LogP contribution in [0, 0.1) is 24.7 Å². The maximum absolute atomic E-state index is 12.4. The fraction of sp³-hybridized carbons (Fsp3) is 0.471. The Morgan fingerprint density at radius 3 is 2.37 bits per heavy atom. The number of carbonyl (C=O) groups is 1. The van der Waals surface area contributed by atoms with Gasteiger partial charge in [0, 0.05) is 11.6 Å². The third-order valence-corrected chi connectivity index (χ3v) is 4.54. The van der Waals surface area contributed by atoms with Crippen LogP contribution in [0.2, 0.25) is 0 Å². The van der Waals surface area contributed by atoms with E-state index in [2.05, 4.69) is 17.5 Å². The number of para-hydroxylation sites is 1. The molecule has 1 unspecified atom stereocenters. The van der Waals surface area contributed by atoms with Gasteiger partial charge in [0.2, 0.25) is 5.91 Å². The van der Waals surface area contributed by atoms with Crippen LogP contribution in [-0.4, -0.2) is 5.91 Å². The minimum absolute atomic E-state index is 0.228. The van der Waals surface area contributed by atoms with Crippen molar-refractivity contribution in [2.75, 3.05) is 5.32 Å².